The van der Waals surface area contributed by atoms with Crippen LogP contribution in [-0.4, -0.2) is 24.0 Å². The van der Waals surface area contributed by atoms with Crippen LogP contribution in [-0.2, 0) is 7.05 Å². The first kappa shape index (κ1) is 13.4. The maximum absolute atomic E-state index is 5.65. The average Bonchev–Trinajstić information content (AvgIpc) is 2.85. The van der Waals surface area contributed by atoms with Gasteiger partial charge in [0.1, 0.15) is 11.5 Å². The SMILES string of the molecule is COc1cc(OC)cc(C(NN)c2ccn(C)n2)c1. The van der Waals surface area contributed by atoms with Gasteiger partial charge in [-0.25, -0.2) is 5.43 Å². The van der Waals surface area contributed by atoms with Gasteiger partial charge in [-0.2, -0.15) is 5.10 Å². The molecule has 0 aliphatic heterocycles. The Balaban J connectivity index is 2.42. The third-order valence-corrected chi connectivity index (χ3v) is 2.90. The van der Waals surface area contributed by atoms with Crippen molar-refractivity contribution in [2.24, 2.45) is 12.9 Å². The molecule has 0 aliphatic rings. The van der Waals surface area contributed by atoms with Crippen LogP contribution >= 0.6 is 0 Å². The number of hydrogen-bond acceptors (Lipinski definition) is 5. The van der Waals surface area contributed by atoms with Crippen molar-refractivity contribution in [3.8, 4) is 11.5 Å². The van der Waals surface area contributed by atoms with E-state index in [2.05, 4.69) is 10.5 Å². The molecule has 2 aromatic rings. The molecule has 1 aromatic carbocycles. The summed E-state index contributed by atoms with van der Waals surface area (Å²) in [5.41, 5.74) is 4.53. The molecule has 0 spiro atoms. The lowest BCUT2D eigenvalue weighted by atomic mass is 10.0. The van der Waals surface area contributed by atoms with E-state index in [-0.39, 0.29) is 6.04 Å². The second kappa shape index (κ2) is 5.73. The van der Waals surface area contributed by atoms with E-state index in [1.807, 2.05) is 37.5 Å². The number of rotatable bonds is 5. The molecule has 0 saturated heterocycles. The maximum atomic E-state index is 5.65. The minimum absolute atomic E-state index is 0.217. The van der Waals surface area contributed by atoms with E-state index in [1.54, 1.807) is 18.9 Å². The van der Waals surface area contributed by atoms with E-state index in [4.69, 9.17) is 15.3 Å². The first-order valence-electron chi connectivity index (χ1n) is 5.86. The van der Waals surface area contributed by atoms with E-state index in [0.717, 1.165) is 11.3 Å². The predicted molar refractivity (Wildman–Crippen MR) is 71.9 cm³/mol. The fraction of sp³-hybridized carbons (Fsp3) is 0.308. The summed E-state index contributed by atoms with van der Waals surface area (Å²) in [6.45, 7) is 0. The number of nitrogens with one attached hydrogen (secondary N) is 1. The summed E-state index contributed by atoms with van der Waals surface area (Å²) < 4.78 is 12.3. The molecule has 2 rings (SSSR count). The fourth-order valence-electron chi connectivity index (χ4n) is 1.94. The first-order valence-corrected chi connectivity index (χ1v) is 5.86. The zero-order valence-electron chi connectivity index (χ0n) is 11.3. The number of methoxy groups -OCH3 is 2. The summed E-state index contributed by atoms with van der Waals surface area (Å²) in [7, 11) is 5.09. The van der Waals surface area contributed by atoms with Crippen molar-refractivity contribution in [1.29, 1.82) is 0 Å². The van der Waals surface area contributed by atoms with Gasteiger partial charge in [0.05, 0.1) is 26.0 Å². The molecule has 0 amide bonds. The minimum atomic E-state index is -0.217. The number of ether oxygens (including phenoxy) is 2. The molecular formula is C13H18N4O2. The van der Waals surface area contributed by atoms with Crippen molar-refractivity contribution < 1.29 is 9.47 Å². The van der Waals surface area contributed by atoms with Crippen LogP contribution < -0.4 is 20.7 Å². The van der Waals surface area contributed by atoms with Crippen LogP contribution in [0.25, 0.3) is 0 Å². The van der Waals surface area contributed by atoms with Gasteiger partial charge in [0.25, 0.3) is 0 Å². The highest BCUT2D eigenvalue weighted by Gasteiger charge is 2.17. The normalized spacial score (nSPS) is 12.2. The van der Waals surface area contributed by atoms with Crippen molar-refractivity contribution in [1.82, 2.24) is 15.2 Å². The van der Waals surface area contributed by atoms with Gasteiger partial charge in [-0.15, -0.1) is 0 Å². The van der Waals surface area contributed by atoms with Crippen LogP contribution in [0.15, 0.2) is 30.5 Å². The third kappa shape index (κ3) is 2.86. The summed E-state index contributed by atoms with van der Waals surface area (Å²) in [6, 6.07) is 7.32. The van der Waals surface area contributed by atoms with Gasteiger partial charge in [-0.3, -0.25) is 10.5 Å². The zero-order chi connectivity index (χ0) is 13.8. The standard InChI is InChI=1S/C13H18N4O2/c1-17-5-4-12(16-17)13(15-14)9-6-10(18-2)8-11(7-9)19-3/h4-8,13,15H,14H2,1-3H3. The highest BCUT2D eigenvalue weighted by Crippen LogP contribution is 2.28. The van der Waals surface area contributed by atoms with Gasteiger partial charge in [0.2, 0.25) is 0 Å². The quantitative estimate of drug-likeness (QED) is 0.621. The van der Waals surface area contributed by atoms with Crippen molar-refractivity contribution in [3.05, 3.63) is 41.7 Å². The van der Waals surface area contributed by atoms with E-state index < -0.39 is 0 Å². The number of hydrazine groups is 1. The van der Waals surface area contributed by atoms with Crippen LogP contribution in [0, 0.1) is 0 Å². The molecule has 19 heavy (non-hydrogen) atoms. The molecule has 0 radical (unpaired) electrons. The molecule has 0 saturated carbocycles. The van der Waals surface area contributed by atoms with Crippen LogP contribution in [0.1, 0.15) is 17.3 Å². The number of aromatic nitrogens is 2. The summed E-state index contributed by atoms with van der Waals surface area (Å²) in [6.07, 6.45) is 1.87. The summed E-state index contributed by atoms with van der Waals surface area (Å²) >= 11 is 0. The van der Waals surface area contributed by atoms with Crippen LogP contribution in [0.2, 0.25) is 0 Å². The number of benzene rings is 1. The molecule has 1 unspecified atom stereocenters. The summed E-state index contributed by atoms with van der Waals surface area (Å²) in [5, 5.41) is 4.36. The monoisotopic (exact) mass is 262 g/mol. The molecule has 0 bridgehead atoms. The van der Waals surface area contributed by atoms with Gasteiger partial charge >= 0.3 is 0 Å². The van der Waals surface area contributed by atoms with Gasteiger partial charge in [0, 0.05) is 19.3 Å². The summed E-state index contributed by atoms with van der Waals surface area (Å²) in [5.74, 6) is 7.08. The molecule has 1 atom stereocenters. The largest absolute Gasteiger partial charge is 0.497 e. The minimum Gasteiger partial charge on any atom is -0.497 e. The molecule has 3 N–H and O–H groups in total. The van der Waals surface area contributed by atoms with E-state index in [0.29, 0.717) is 11.5 Å². The van der Waals surface area contributed by atoms with Crippen molar-refractivity contribution in [3.63, 3.8) is 0 Å². The second-order valence-corrected chi connectivity index (χ2v) is 4.16. The molecule has 0 fully saturated rings. The Morgan fingerprint density at radius 2 is 1.84 bits per heavy atom. The third-order valence-electron chi connectivity index (χ3n) is 2.90. The molecule has 102 valence electrons. The Hall–Kier alpha value is -2.05. The van der Waals surface area contributed by atoms with Gasteiger partial charge in [-0.1, -0.05) is 0 Å². The van der Waals surface area contributed by atoms with Crippen molar-refractivity contribution in [2.75, 3.05) is 14.2 Å². The van der Waals surface area contributed by atoms with Crippen molar-refractivity contribution >= 4 is 0 Å². The smallest absolute Gasteiger partial charge is 0.122 e. The Morgan fingerprint density at radius 1 is 1.21 bits per heavy atom. The Bertz CT molecular complexity index is 531. The summed E-state index contributed by atoms with van der Waals surface area (Å²) in [4.78, 5) is 0. The number of aryl methyl sites for hydroxylation is 1. The lowest BCUT2D eigenvalue weighted by molar-refractivity contribution is 0.392. The molecule has 6 heteroatoms. The zero-order valence-corrected chi connectivity index (χ0v) is 11.3. The average molecular weight is 262 g/mol. The van der Waals surface area contributed by atoms with Crippen LogP contribution in [0.5, 0.6) is 11.5 Å². The molecule has 1 heterocycles. The molecule has 6 nitrogen and oxygen atoms in total. The van der Waals surface area contributed by atoms with E-state index >= 15 is 0 Å². The second-order valence-electron chi connectivity index (χ2n) is 4.16. The lowest BCUT2D eigenvalue weighted by Crippen LogP contribution is -2.29. The Morgan fingerprint density at radius 3 is 2.26 bits per heavy atom. The topological polar surface area (TPSA) is 74.3 Å². The predicted octanol–water partition coefficient (Wildman–Crippen LogP) is 0.990. The highest BCUT2D eigenvalue weighted by atomic mass is 16.5. The number of nitrogens with zero attached hydrogens (tertiary/aromatic N) is 2. The number of nitrogens with two attached hydrogens (primary N) is 1. The first-order chi connectivity index (χ1) is 9.17. The van der Waals surface area contributed by atoms with E-state index in [9.17, 15) is 0 Å². The van der Waals surface area contributed by atoms with Gasteiger partial charge in [0.15, 0.2) is 0 Å². The van der Waals surface area contributed by atoms with Gasteiger partial charge in [-0.05, 0) is 23.8 Å². The maximum Gasteiger partial charge on any atom is 0.122 e. The van der Waals surface area contributed by atoms with Crippen molar-refractivity contribution in [2.45, 2.75) is 6.04 Å². The van der Waals surface area contributed by atoms with E-state index in [1.165, 1.54) is 0 Å². The van der Waals surface area contributed by atoms with Crippen LogP contribution in [0.3, 0.4) is 0 Å². The molecule has 1 aromatic heterocycles. The van der Waals surface area contributed by atoms with Gasteiger partial charge < -0.3 is 9.47 Å². The fourth-order valence-corrected chi connectivity index (χ4v) is 1.94. The highest BCUT2D eigenvalue weighted by molar-refractivity contribution is 5.41. The molecular weight excluding hydrogens is 244 g/mol. The lowest BCUT2D eigenvalue weighted by Gasteiger charge is -2.16. The van der Waals surface area contributed by atoms with Crippen LogP contribution in [0.4, 0.5) is 0 Å². The number of hydrogen-bond donors (Lipinski definition) is 2. The Labute approximate surface area is 112 Å². The Kier molecular flexibility index (Phi) is 4.03. The molecule has 0 aliphatic carbocycles.